The first kappa shape index (κ1) is 25.0. The van der Waals surface area contributed by atoms with Gasteiger partial charge in [-0.15, -0.1) is 0 Å². The summed E-state index contributed by atoms with van der Waals surface area (Å²) in [6.45, 7) is 13.3. The van der Waals surface area contributed by atoms with E-state index in [4.69, 9.17) is 9.15 Å². The molecule has 0 saturated carbocycles. The van der Waals surface area contributed by atoms with Crippen LogP contribution in [0.2, 0.25) is 0 Å². The molecule has 1 aromatic carbocycles. The van der Waals surface area contributed by atoms with E-state index < -0.39 is 0 Å². The van der Waals surface area contributed by atoms with Gasteiger partial charge in [0.25, 0.3) is 5.91 Å². The number of amides is 1. The molecule has 1 aliphatic heterocycles. The number of hydrogen-bond donors (Lipinski definition) is 0. The van der Waals surface area contributed by atoms with Crippen LogP contribution in [0.5, 0.6) is 0 Å². The Hall–Kier alpha value is -2.67. The molecule has 1 aliphatic rings. The first-order chi connectivity index (χ1) is 15.8. The normalized spacial score (nSPS) is 15.8. The molecule has 180 valence electrons. The average Bonchev–Trinajstić information content (AvgIpc) is 3.28. The molecule has 2 aromatic rings. The summed E-state index contributed by atoms with van der Waals surface area (Å²) in [5.74, 6) is 0.567. The number of ether oxygens (including phenoxy) is 1. The lowest BCUT2D eigenvalue weighted by molar-refractivity contribution is -0.149. The third-order valence-electron chi connectivity index (χ3n) is 6.56. The topological polar surface area (TPSA) is 75.9 Å². The summed E-state index contributed by atoms with van der Waals surface area (Å²) in [5, 5.41) is 0. The molecule has 0 bridgehead atoms. The minimum atomic E-state index is -0.165. The number of likely N-dealkylation sites (tertiary alicyclic amines) is 1. The van der Waals surface area contributed by atoms with Gasteiger partial charge >= 0.3 is 5.97 Å². The van der Waals surface area contributed by atoms with Crippen molar-refractivity contribution in [1.29, 1.82) is 0 Å². The standard InChI is InChI=1S/C26H37N3O4/c1-6-32-26(31)22-11-13-28(14-12-22)25(30)23-17-33-24(27-23)16-29(20(5)18(2)3)15-21-9-7-19(4)8-10-21/h7-10,17-18,20,22H,6,11-16H2,1-5H3. The number of aromatic nitrogens is 1. The second-order valence-corrected chi connectivity index (χ2v) is 9.32. The second kappa shape index (κ2) is 11.5. The Bertz CT molecular complexity index is 914. The molecule has 1 aromatic heterocycles. The Morgan fingerprint density at radius 2 is 1.82 bits per heavy atom. The van der Waals surface area contributed by atoms with Crippen molar-refractivity contribution in [2.75, 3.05) is 19.7 Å². The molecule has 1 atom stereocenters. The molecular weight excluding hydrogens is 418 g/mol. The molecule has 0 radical (unpaired) electrons. The third kappa shape index (κ3) is 6.67. The van der Waals surface area contributed by atoms with Gasteiger partial charge in [0.2, 0.25) is 5.89 Å². The quantitative estimate of drug-likeness (QED) is 0.520. The first-order valence-electron chi connectivity index (χ1n) is 12.0. The van der Waals surface area contributed by atoms with Crippen molar-refractivity contribution in [3.05, 3.63) is 53.2 Å². The number of nitrogens with zero attached hydrogens (tertiary/aromatic N) is 3. The van der Waals surface area contributed by atoms with Crippen LogP contribution in [0.4, 0.5) is 0 Å². The van der Waals surface area contributed by atoms with Crippen molar-refractivity contribution in [3.63, 3.8) is 0 Å². The number of carbonyl (C=O) groups is 2. The Labute approximate surface area is 197 Å². The lowest BCUT2D eigenvalue weighted by Gasteiger charge is -2.31. The van der Waals surface area contributed by atoms with Gasteiger partial charge in [-0.2, -0.15) is 0 Å². The van der Waals surface area contributed by atoms with Crippen LogP contribution in [0.1, 0.15) is 68.0 Å². The monoisotopic (exact) mass is 455 g/mol. The van der Waals surface area contributed by atoms with Gasteiger partial charge in [-0.3, -0.25) is 14.5 Å². The van der Waals surface area contributed by atoms with Crippen molar-refractivity contribution in [3.8, 4) is 0 Å². The Morgan fingerprint density at radius 3 is 2.42 bits per heavy atom. The van der Waals surface area contributed by atoms with Crippen molar-refractivity contribution in [2.24, 2.45) is 11.8 Å². The fourth-order valence-electron chi connectivity index (χ4n) is 4.09. The lowest BCUT2D eigenvalue weighted by atomic mass is 9.97. The number of piperidine rings is 1. The zero-order valence-electron chi connectivity index (χ0n) is 20.5. The highest BCUT2D eigenvalue weighted by Crippen LogP contribution is 2.22. The van der Waals surface area contributed by atoms with Gasteiger partial charge in [0, 0.05) is 25.7 Å². The van der Waals surface area contributed by atoms with Gasteiger partial charge < -0.3 is 14.1 Å². The summed E-state index contributed by atoms with van der Waals surface area (Å²) in [6, 6.07) is 8.88. The summed E-state index contributed by atoms with van der Waals surface area (Å²) in [6.07, 6.45) is 2.69. The van der Waals surface area contributed by atoms with Crippen LogP contribution in [-0.2, 0) is 22.6 Å². The number of oxazole rings is 1. The molecule has 0 N–H and O–H groups in total. The highest BCUT2D eigenvalue weighted by Gasteiger charge is 2.30. The summed E-state index contributed by atoms with van der Waals surface area (Å²) in [4.78, 5) is 33.5. The second-order valence-electron chi connectivity index (χ2n) is 9.32. The Balaban J connectivity index is 1.63. The summed E-state index contributed by atoms with van der Waals surface area (Å²) in [5.41, 5.74) is 2.80. The molecule has 33 heavy (non-hydrogen) atoms. The first-order valence-corrected chi connectivity index (χ1v) is 12.0. The highest BCUT2D eigenvalue weighted by atomic mass is 16.5. The molecule has 0 aliphatic carbocycles. The maximum atomic E-state index is 12.9. The fourth-order valence-corrected chi connectivity index (χ4v) is 4.09. The fraction of sp³-hybridized carbons (Fsp3) is 0.577. The van der Waals surface area contributed by atoms with Crippen LogP contribution in [-0.4, -0.2) is 52.4 Å². The highest BCUT2D eigenvalue weighted by molar-refractivity contribution is 5.92. The molecule has 1 unspecified atom stereocenters. The van der Waals surface area contributed by atoms with E-state index >= 15 is 0 Å². The van der Waals surface area contributed by atoms with E-state index in [1.54, 1.807) is 4.90 Å². The molecular formula is C26H37N3O4. The third-order valence-corrected chi connectivity index (χ3v) is 6.56. The molecule has 7 nitrogen and oxygen atoms in total. The minimum Gasteiger partial charge on any atom is -0.466 e. The van der Waals surface area contributed by atoms with Gasteiger partial charge in [0.15, 0.2) is 5.69 Å². The molecule has 1 fully saturated rings. The van der Waals surface area contributed by atoms with E-state index in [2.05, 4.69) is 61.8 Å². The molecule has 7 heteroatoms. The van der Waals surface area contributed by atoms with Crippen LogP contribution in [0, 0.1) is 18.8 Å². The van der Waals surface area contributed by atoms with Crippen LogP contribution < -0.4 is 0 Å². The van der Waals surface area contributed by atoms with E-state index in [0.717, 1.165) is 6.54 Å². The van der Waals surface area contributed by atoms with Crippen molar-refractivity contribution >= 4 is 11.9 Å². The van der Waals surface area contributed by atoms with Gasteiger partial charge in [-0.05, 0) is 45.1 Å². The number of benzene rings is 1. The molecule has 1 saturated heterocycles. The van der Waals surface area contributed by atoms with Crippen LogP contribution >= 0.6 is 0 Å². The summed E-state index contributed by atoms with van der Waals surface area (Å²) >= 11 is 0. The van der Waals surface area contributed by atoms with Crippen molar-refractivity contribution < 1.29 is 18.7 Å². The van der Waals surface area contributed by atoms with E-state index in [9.17, 15) is 9.59 Å². The molecule has 3 rings (SSSR count). The largest absolute Gasteiger partial charge is 0.466 e. The van der Waals surface area contributed by atoms with E-state index in [1.165, 1.54) is 17.4 Å². The molecule has 1 amide bonds. The Kier molecular flexibility index (Phi) is 8.67. The van der Waals surface area contributed by atoms with Gasteiger partial charge in [-0.25, -0.2) is 4.98 Å². The lowest BCUT2D eigenvalue weighted by Crippen LogP contribution is -2.40. The maximum Gasteiger partial charge on any atom is 0.309 e. The number of esters is 1. The molecule has 2 heterocycles. The van der Waals surface area contributed by atoms with Crippen LogP contribution in [0.15, 0.2) is 34.9 Å². The van der Waals surface area contributed by atoms with Gasteiger partial charge in [0.05, 0.1) is 19.1 Å². The number of rotatable bonds is 9. The SMILES string of the molecule is CCOC(=O)C1CCN(C(=O)c2coc(CN(Cc3ccc(C)cc3)C(C)C(C)C)n2)CC1. The smallest absolute Gasteiger partial charge is 0.309 e. The maximum absolute atomic E-state index is 12.9. The number of carbonyl (C=O) groups excluding carboxylic acids is 2. The minimum absolute atomic E-state index is 0.130. The average molecular weight is 456 g/mol. The molecule has 0 spiro atoms. The van der Waals surface area contributed by atoms with Crippen molar-refractivity contribution in [1.82, 2.24) is 14.8 Å². The predicted molar refractivity (Wildman–Crippen MR) is 126 cm³/mol. The van der Waals surface area contributed by atoms with Crippen molar-refractivity contribution in [2.45, 2.75) is 66.6 Å². The predicted octanol–water partition coefficient (Wildman–Crippen LogP) is 4.45. The van der Waals surface area contributed by atoms with E-state index in [1.807, 2.05) is 6.92 Å². The van der Waals surface area contributed by atoms with E-state index in [0.29, 0.717) is 62.6 Å². The Morgan fingerprint density at radius 1 is 1.15 bits per heavy atom. The summed E-state index contributed by atoms with van der Waals surface area (Å²) < 4.78 is 10.8. The zero-order chi connectivity index (χ0) is 24.0. The van der Waals surface area contributed by atoms with Gasteiger partial charge in [-0.1, -0.05) is 43.7 Å². The summed E-state index contributed by atoms with van der Waals surface area (Å²) in [7, 11) is 0. The zero-order valence-corrected chi connectivity index (χ0v) is 20.5. The van der Waals surface area contributed by atoms with Gasteiger partial charge in [0.1, 0.15) is 6.26 Å². The number of hydrogen-bond acceptors (Lipinski definition) is 6. The van der Waals surface area contributed by atoms with Crippen LogP contribution in [0.25, 0.3) is 0 Å². The van der Waals surface area contributed by atoms with Crippen LogP contribution in [0.3, 0.4) is 0 Å². The number of aryl methyl sites for hydroxylation is 1. The van der Waals surface area contributed by atoms with E-state index in [-0.39, 0.29) is 17.8 Å².